The molecule has 0 radical (unpaired) electrons. The van der Waals surface area contributed by atoms with Gasteiger partial charge < -0.3 is 10.3 Å². The Morgan fingerprint density at radius 1 is 1.27 bits per heavy atom. The van der Waals surface area contributed by atoms with Gasteiger partial charge in [-0.25, -0.2) is 4.98 Å². The second-order valence-electron chi connectivity index (χ2n) is 4.99. The highest BCUT2D eigenvalue weighted by atomic mass is 15.1. The van der Waals surface area contributed by atoms with Crippen molar-refractivity contribution in [3.63, 3.8) is 0 Å². The maximum Gasteiger partial charge on any atom is 0.111 e. The molecule has 1 aromatic heterocycles. The molecule has 3 nitrogen and oxygen atoms in total. The molecule has 1 aliphatic carbocycles. The van der Waals surface area contributed by atoms with Gasteiger partial charge in [0.2, 0.25) is 0 Å². The Kier molecular flexibility index (Phi) is 2.28. The Labute approximate surface area is 90.7 Å². The quantitative estimate of drug-likeness (QED) is 0.760. The molecule has 1 atom stereocenters. The summed E-state index contributed by atoms with van der Waals surface area (Å²) in [5, 5.41) is 0. The van der Waals surface area contributed by atoms with Crippen LogP contribution < -0.4 is 5.73 Å². The Hall–Kier alpha value is -0.830. The van der Waals surface area contributed by atoms with Gasteiger partial charge in [-0.05, 0) is 19.3 Å². The van der Waals surface area contributed by atoms with Gasteiger partial charge in [0.05, 0.1) is 0 Å². The first kappa shape index (κ1) is 9.40. The molecular weight excluding hydrogens is 186 g/mol. The van der Waals surface area contributed by atoms with Crippen LogP contribution in [0.1, 0.15) is 49.5 Å². The first-order valence-corrected chi connectivity index (χ1v) is 6.14. The van der Waals surface area contributed by atoms with Gasteiger partial charge in [-0.1, -0.05) is 12.8 Å². The van der Waals surface area contributed by atoms with Crippen LogP contribution >= 0.6 is 0 Å². The van der Waals surface area contributed by atoms with Crippen LogP contribution in [0.3, 0.4) is 0 Å². The smallest absolute Gasteiger partial charge is 0.111 e. The number of imidazole rings is 1. The fraction of sp³-hybridized carbons (Fsp3) is 0.750. The topological polar surface area (TPSA) is 43.8 Å². The SMILES string of the molecule is NC1CCn2c(cnc2C2CCCC2)C1. The summed E-state index contributed by atoms with van der Waals surface area (Å²) in [6.45, 7) is 1.09. The molecule has 0 amide bonds. The van der Waals surface area contributed by atoms with Gasteiger partial charge in [0, 0.05) is 36.8 Å². The van der Waals surface area contributed by atoms with E-state index in [0.29, 0.717) is 6.04 Å². The third kappa shape index (κ3) is 1.59. The van der Waals surface area contributed by atoms with E-state index in [0.717, 1.165) is 25.3 Å². The van der Waals surface area contributed by atoms with E-state index in [9.17, 15) is 0 Å². The molecule has 3 rings (SSSR count). The summed E-state index contributed by atoms with van der Waals surface area (Å²) in [4.78, 5) is 4.62. The van der Waals surface area contributed by atoms with Crippen molar-refractivity contribution < 1.29 is 0 Å². The molecule has 1 fully saturated rings. The molecule has 2 N–H and O–H groups in total. The van der Waals surface area contributed by atoms with Crippen LogP contribution in [0.2, 0.25) is 0 Å². The fourth-order valence-electron chi connectivity index (χ4n) is 3.02. The lowest BCUT2D eigenvalue weighted by atomic mass is 10.0. The number of aromatic nitrogens is 2. The minimum Gasteiger partial charge on any atom is -0.332 e. The Morgan fingerprint density at radius 3 is 2.87 bits per heavy atom. The second-order valence-corrected chi connectivity index (χ2v) is 4.99. The Balaban J connectivity index is 1.90. The Bertz CT molecular complexity index is 350. The third-order valence-electron chi connectivity index (χ3n) is 3.88. The highest BCUT2D eigenvalue weighted by Crippen LogP contribution is 2.34. The summed E-state index contributed by atoms with van der Waals surface area (Å²) in [6, 6.07) is 0.352. The van der Waals surface area contributed by atoms with Crippen molar-refractivity contribution in [3.05, 3.63) is 17.7 Å². The van der Waals surface area contributed by atoms with E-state index in [1.54, 1.807) is 0 Å². The second kappa shape index (κ2) is 3.63. The lowest BCUT2D eigenvalue weighted by molar-refractivity contribution is 0.448. The van der Waals surface area contributed by atoms with Crippen LogP contribution in [-0.4, -0.2) is 15.6 Å². The van der Waals surface area contributed by atoms with Crippen LogP contribution in [0.15, 0.2) is 6.20 Å². The number of fused-ring (bicyclic) bond motifs is 1. The summed E-state index contributed by atoms with van der Waals surface area (Å²) in [7, 11) is 0. The number of hydrogen-bond donors (Lipinski definition) is 1. The van der Waals surface area contributed by atoms with E-state index in [-0.39, 0.29) is 0 Å². The van der Waals surface area contributed by atoms with E-state index in [4.69, 9.17) is 5.73 Å². The molecule has 15 heavy (non-hydrogen) atoms. The zero-order valence-corrected chi connectivity index (χ0v) is 9.15. The lowest BCUT2D eigenvalue weighted by Gasteiger charge is -2.23. The average Bonchev–Trinajstić information content (AvgIpc) is 2.82. The van der Waals surface area contributed by atoms with Crippen LogP contribution in [0.25, 0.3) is 0 Å². The van der Waals surface area contributed by atoms with Crippen molar-refractivity contribution in [3.8, 4) is 0 Å². The molecule has 3 heteroatoms. The average molecular weight is 205 g/mol. The molecule has 1 aliphatic heterocycles. The van der Waals surface area contributed by atoms with Crippen molar-refractivity contribution in [1.82, 2.24) is 9.55 Å². The van der Waals surface area contributed by atoms with E-state index in [1.165, 1.54) is 37.2 Å². The van der Waals surface area contributed by atoms with Gasteiger partial charge in [0.1, 0.15) is 5.82 Å². The summed E-state index contributed by atoms with van der Waals surface area (Å²) >= 11 is 0. The van der Waals surface area contributed by atoms with E-state index >= 15 is 0 Å². The molecule has 82 valence electrons. The van der Waals surface area contributed by atoms with Crippen molar-refractivity contribution in [2.24, 2.45) is 5.73 Å². The fourth-order valence-corrected chi connectivity index (χ4v) is 3.02. The molecule has 0 saturated heterocycles. The number of hydrogen-bond acceptors (Lipinski definition) is 2. The number of nitrogens with two attached hydrogens (primary N) is 1. The van der Waals surface area contributed by atoms with Crippen molar-refractivity contribution in [2.45, 2.75) is 57.0 Å². The molecule has 0 bridgehead atoms. The molecular formula is C12H19N3. The summed E-state index contributed by atoms with van der Waals surface area (Å²) in [5.74, 6) is 2.07. The lowest BCUT2D eigenvalue weighted by Crippen LogP contribution is -2.31. The largest absolute Gasteiger partial charge is 0.332 e. The first-order chi connectivity index (χ1) is 7.34. The van der Waals surface area contributed by atoms with Crippen molar-refractivity contribution in [2.75, 3.05) is 0 Å². The van der Waals surface area contributed by atoms with Crippen LogP contribution in [0.4, 0.5) is 0 Å². The molecule has 0 aromatic carbocycles. The van der Waals surface area contributed by atoms with E-state index in [2.05, 4.69) is 9.55 Å². The van der Waals surface area contributed by atoms with Gasteiger partial charge in [0.15, 0.2) is 0 Å². The van der Waals surface area contributed by atoms with E-state index < -0.39 is 0 Å². The minimum atomic E-state index is 0.352. The third-order valence-corrected chi connectivity index (χ3v) is 3.88. The molecule has 2 aliphatic rings. The molecule has 1 unspecified atom stereocenters. The zero-order valence-electron chi connectivity index (χ0n) is 9.15. The van der Waals surface area contributed by atoms with Crippen molar-refractivity contribution in [1.29, 1.82) is 0 Å². The molecule has 1 aromatic rings. The Morgan fingerprint density at radius 2 is 2.07 bits per heavy atom. The van der Waals surface area contributed by atoms with Gasteiger partial charge in [0.25, 0.3) is 0 Å². The van der Waals surface area contributed by atoms with Gasteiger partial charge in [-0.3, -0.25) is 0 Å². The first-order valence-electron chi connectivity index (χ1n) is 6.14. The molecule has 0 spiro atoms. The highest BCUT2D eigenvalue weighted by Gasteiger charge is 2.25. The summed E-state index contributed by atoms with van der Waals surface area (Å²) in [6.07, 6.45) is 9.61. The number of nitrogens with zero attached hydrogens (tertiary/aromatic N) is 2. The molecule has 1 saturated carbocycles. The summed E-state index contributed by atoms with van der Waals surface area (Å²) in [5.41, 5.74) is 7.33. The normalized spacial score (nSPS) is 26.9. The van der Waals surface area contributed by atoms with Gasteiger partial charge in [-0.15, -0.1) is 0 Å². The van der Waals surface area contributed by atoms with Crippen LogP contribution in [-0.2, 0) is 13.0 Å². The maximum absolute atomic E-state index is 5.97. The van der Waals surface area contributed by atoms with Gasteiger partial charge >= 0.3 is 0 Å². The van der Waals surface area contributed by atoms with Crippen LogP contribution in [0, 0.1) is 0 Å². The number of rotatable bonds is 1. The zero-order chi connectivity index (χ0) is 10.3. The predicted octanol–water partition coefficient (Wildman–Crippen LogP) is 1.81. The van der Waals surface area contributed by atoms with E-state index in [1.807, 2.05) is 6.20 Å². The highest BCUT2D eigenvalue weighted by molar-refractivity contribution is 5.13. The maximum atomic E-state index is 5.97. The van der Waals surface area contributed by atoms with Crippen LogP contribution in [0.5, 0.6) is 0 Å². The summed E-state index contributed by atoms with van der Waals surface area (Å²) < 4.78 is 2.43. The standard InChI is InChI=1S/C12H19N3/c13-10-5-6-15-11(7-10)8-14-12(15)9-3-1-2-4-9/h8-10H,1-7,13H2. The predicted molar refractivity (Wildman–Crippen MR) is 59.7 cm³/mol. The van der Waals surface area contributed by atoms with Crippen molar-refractivity contribution >= 4 is 0 Å². The molecule has 2 heterocycles. The minimum absolute atomic E-state index is 0.352. The van der Waals surface area contributed by atoms with Gasteiger partial charge in [-0.2, -0.15) is 0 Å². The monoisotopic (exact) mass is 205 g/mol.